The molecule has 0 radical (unpaired) electrons. The number of ether oxygens (including phenoxy) is 1. The normalized spacial score (nSPS) is 21.8. The molecule has 7 heteroatoms. The van der Waals surface area contributed by atoms with Crippen molar-refractivity contribution in [2.45, 2.75) is 32.2 Å². The Hall–Kier alpha value is -2.28. The minimum absolute atomic E-state index is 0.00852. The summed E-state index contributed by atoms with van der Waals surface area (Å²) in [6, 6.07) is 8.13. The topological polar surface area (TPSA) is 70.6 Å². The zero-order chi connectivity index (χ0) is 18.8. The second-order valence-electron chi connectivity index (χ2n) is 7.65. The van der Waals surface area contributed by atoms with Crippen LogP contribution in [0.25, 0.3) is 11.0 Å². The van der Waals surface area contributed by atoms with Crippen molar-refractivity contribution in [3.8, 4) is 0 Å². The molecule has 1 N–H and O–H groups in total. The number of hydrogen-bond donors (Lipinski definition) is 1. The fraction of sp³-hybridized carbons (Fsp3) is 0.600. The van der Waals surface area contributed by atoms with Crippen molar-refractivity contribution in [1.29, 1.82) is 0 Å². The lowest BCUT2D eigenvalue weighted by atomic mass is 9.96. The van der Waals surface area contributed by atoms with Crippen LogP contribution in [-0.4, -0.2) is 64.8 Å². The molecule has 0 saturated carbocycles. The minimum atomic E-state index is -0.184. The van der Waals surface area contributed by atoms with Crippen LogP contribution < -0.4 is 5.69 Å². The van der Waals surface area contributed by atoms with E-state index in [1.54, 1.807) is 0 Å². The van der Waals surface area contributed by atoms with Gasteiger partial charge in [-0.15, -0.1) is 0 Å². The van der Waals surface area contributed by atoms with E-state index in [1.807, 2.05) is 40.7 Å². The molecule has 2 saturated heterocycles. The number of aromatic nitrogens is 2. The molecule has 27 heavy (non-hydrogen) atoms. The number of carbonyl (C=O) groups is 1. The van der Waals surface area contributed by atoms with E-state index < -0.39 is 0 Å². The molecule has 1 aromatic heterocycles. The molecule has 1 amide bonds. The first-order chi connectivity index (χ1) is 13.2. The van der Waals surface area contributed by atoms with Gasteiger partial charge in [0.15, 0.2) is 0 Å². The Morgan fingerprint density at radius 2 is 1.96 bits per heavy atom. The van der Waals surface area contributed by atoms with Crippen LogP contribution in [-0.2, 0) is 4.74 Å². The monoisotopic (exact) mass is 372 g/mol. The summed E-state index contributed by atoms with van der Waals surface area (Å²) in [7, 11) is 0. The van der Waals surface area contributed by atoms with E-state index in [9.17, 15) is 9.59 Å². The summed E-state index contributed by atoms with van der Waals surface area (Å²) in [6.45, 7) is 6.82. The summed E-state index contributed by atoms with van der Waals surface area (Å²) in [5, 5.41) is 0. The van der Waals surface area contributed by atoms with Crippen molar-refractivity contribution in [2.24, 2.45) is 5.92 Å². The number of para-hydroxylation sites is 2. The Bertz CT molecular complexity index is 850. The predicted octanol–water partition coefficient (Wildman–Crippen LogP) is 2.44. The second kappa shape index (κ2) is 7.76. The molecule has 2 aliphatic heterocycles. The molecule has 146 valence electrons. The van der Waals surface area contributed by atoms with Gasteiger partial charge in [-0.2, -0.15) is 0 Å². The number of rotatable bonds is 4. The third-order valence-corrected chi connectivity index (χ3v) is 5.89. The number of H-pyrrole nitrogens is 1. The second-order valence-corrected chi connectivity index (χ2v) is 7.65. The van der Waals surface area contributed by atoms with E-state index in [0.29, 0.717) is 12.5 Å². The lowest BCUT2D eigenvalue weighted by Gasteiger charge is -2.33. The van der Waals surface area contributed by atoms with Crippen molar-refractivity contribution < 1.29 is 9.53 Å². The van der Waals surface area contributed by atoms with Crippen LogP contribution in [0.4, 0.5) is 4.79 Å². The van der Waals surface area contributed by atoms with Gasteiger partial charge in [0.1, 0.15) is 0 Å². The van der Waals surface area contributed by atoms with Crippen LogP contribution in [0.1, 0.15) is 32.2 Å². The fourth-order valence-electron chi connectivity index (χ4n) is 4.50. The molecule has 1 atom stereocenters. The highest BCUT2D eigenvalue weighted by Crippen LogP contribution is 2.27. The summed E-state index contributed by atoms with van der Waals surface area (Å²) < 4.78 is 7.02. The molecule has 3 heterocycles. The Balaban J connectivity index is 1.34. The van der Waals surface area contributed by atoms with Gasteiger partial charge in [-0.25, -0.2) is 9.59 Å². The van der Waals surface area contributed by atoms with Gasteiger partial charge in [0.25, 0.3) is 0 Å². The van der Waals surface area contributed by atoms with Gasteiger partial charge in [0.05, 0.1) is 23.7 Å². The molecule has 0 spiro atoms. The van der Waals surface area contributed by atoms with Crippen molar-refractivity contribution in [3.05, 3.63) is 34.7 Å². The molecule has 7 nitrogen and oxygen atoms in total. The number of benzene rings is 1. The molecule has 4 rings (SSSR count). The zero-order valence-electron chi connectivity index (χ0n) is 15.9. The fourth-order valence-corrected chi connectivity index (χ4v) is 4.50. The number of likely N-dealkylation sites (tertiary alicyclic amines) is 2. The number of aromatic amines is 1. The highest BCUT2D eigenvalue weighted by molar-refractivity contribution is 5.75. The van der Waals surface area contributed by atoms with E-state index in [2.05, 4.69) is 9.88 Å². The zero-order valence-corrected chi connectivity index (χ0v) is 15.9. The third-order valence-electron chi connectivity index (χ3n) is 5.89. The van der Waals surface area contributed by atoms with Crippen LogP contribution in [0.5, 0.6) is 0 Å². The first kappa shape index (κ1) is 18.1. The summed E-state index contributed by atoms with van der Waals surface area (Å²) in [6.07, 6.45) is 2.86. The number of amides is 1. The molecule has 2 aliphatic rings. The van der Waals surface area contributed by atoms with Gasteiger partial charge in [0, 0.05) is 32.7 Å². The van der Waals surface area contributed by atoms with Crippen LogP contribution in [0.15, 0.2) is 29.1 Å². The molecule has 2 aromatic rings. The maximum Gasteiger partial charge on any atom is 0.409 e. The largest absolute Gasteiger partial charge is 0.450 e. The average molecular weight is 372 g/mol. The van der Waals surface area contributed by atoms with Gasteiger partial charge in [0.2, 0.25) is 0 Å². The number of piperidine rings is 1. The Morgan fingerprint density at radius 1 is 1.19 bits per heavy atom. The molecule has 0 aliphatic carbocycles. The van der Waals surface area contributed by atoms with Crippen LogP contribution in [0.2, 0.25) is 0 Å². The highest BCUT2D eigenvalue weighted by Gasteiger charge is 2.30. The number of hydrogen-bond acceptors (Lipinski definition) is 4. The van der Waals surface area contributed by atoms with Crippen molar-refractivity contribution >= 4 is 17.1 Å². The molecular weight excluding hydrogens is 344 g/mol. The molecular formula is C20H28N4O3. The maximum atomic E-state index is 12.4. The van der Waals surface area contributed by atoms with Crippen LogP contribution in [0.3, 0.4) is 0 Å². The lowest BCUT2D eigenvalue weighted by molar-refractivity contribution is 0.0871. The average Bonchev–Trinajstić information content (AvgIpc) is 3.25. The van der Waals surface area contributed by atoms with Gasteiger partial charge in [-0.05, 0) is 44.2 Å². The number of fused-ring (bicyclic) bond motifs is 1. The quantitative estimate of drug-likeness (QED) is 0.895. The molecule has 1 aromatic carbocycles. The number of nitrogens with zero attached hydrogens (tertiary/aromatic N) is 3. The summed E-state index contributed by atoms with van der Waals surface area (Å²) in [5.74, 6) is 0.606. The standard InChI is InChI=1S/C20H28N4O3/c1-2-27-20(26)23-11-7-15(8-12-23)13-22-10-9-16(14-22)24-18-6-4-3-5-17(18)21-19(24)25/h3-6,15-16H,2,7-14H2,1H3,(H,21,25)/t16-/m0/s1. The van der Waals surface area contributed by atoms with E-state index in [4.69, 9.17) is 4.74 Å². The van der Waals surface area contributed by atoms with Crippen molar-refractivity contribution in [2.75, 3.05) is 39.3 Å². The third kappa shape index (κ3) is 3.74. The van der Waals surface area contributed by atoms with E-state index in [1.165, 1.54) is 0 Å². The molecule has 0 unspecified atom stereocenters. The van der Waals surface area contributed by atoms with Crippen LogP contribution in [0, 0.1) is 5.92 Å². The van der Waals surface area contributed by atoms with Crippen molar-refractivity contribution in [1.82, 2.24) is 19.4 Å². The van der Waals surface area contributed by atoms with E-state index in [0.717, 1.165) is 63.0 Å². The van der Waals surface area contributed by atoms with Crippen molar-refractivity contribution in [3.63, 3.8) is 0 Å². The molecule has 0 bridgehead atoms. The summed E-state index contributed by atoms with van der Waals surface area (Å²) in [5.41, 5.74) is 1.90. The van der Waals surface area contributed by atoms with Gasteiger partial charge in [-0.1, -0.05) is 12.1 Å². The Kier molecular flexibility index (Phi) is 5.20. The maximum absolute atomic E-state index is 12.4. The Morgan fingerprint density at radius 3 is 2.74 bits per heavy atom. The van der Waals surface area contributed by atoms with Gasteiger partial charge in [-0.3, -0.25) is 4.57 Å². The number of imidazole rings is 1. The number of nitrogens with one attached hydrogen (secondary N) is 1. The first-order valence-corrected chi connectivity index (χ1v) is 9.99. The smallest absolute Gasteiger partial charge is 0.409 e. The van der Waals surface area contributed by atoms with E-state index >= 15 is 0 Å². The summed E-state index contributed by atoms with van der Waals surface area (Å²) >= 11 is 0. The van der Waals surface area contributed by atoms with Gasteiger partial charge >= 0.3 is 11.8 Å². The molecule has 2 fully saturated rings. The highest BCUT2D eigenvalue weighted by atomic mass is 16.6. The SMILES string of the molecule is CCOC(=O)N1CCC(CN2CC[C@H](n3c(=O)[nH]c4ccccc43)C2)CC1. The predicted molar refractivity (Wildman–Crippen MR) is 104 cm³/mol. The first-order valence-electron chi connectivity index (χ1n) is 9.99. The van der Waals surface area contributed by atoms with Gasteiger partial charge < -0.3 is 19.5 Å². The van der Waals surface area contributed by atoms with Crippen LogP contribution >= 0.6 is 0 Å². The lowest BCUT2D eigenvalue weighted by Crippen LogP contribution is -2.41. The van der Waals surface area contributed by atoms with E-state index in [-0.39, 0.29) is 17.8 Å². The summed E-state index contributed by atoms with van der Waals surface area (Å²) in [4.78, 5) is 31.5. The number of carbonyl (C=O) groups excluding carboxylic acids is 1. The Labute approximate surface area is 158 Å². The minimum Gasteiger partial charge on any atom is -0.450 e.